The van der Waals surface area contributed by atoms with Gasteiger partial charge in [-0.15, -0.1) is 0 Å². The second kappa shape index (κ2) is 5.02. The maximum Gasteiger partial charge on any atom is 0.256 e. The van der Waals surface area contributed by atoms with Gasteiger partial charge in [-0.2, -0.15) is 0 Å². The van der Waals surface area contributed by atoms with Crippen LogP contribution in [0.5, 0.6) is 0 Å². The lowest BCUT2D eigenvalue weighted by Gasteiger charge is -2.16. The zero-order valence-electron chi connectivity index (χ0n) is 9.33. The van der Waals surface area contributed by atoms with Crippen molar-refractivity contribution in [2.24, 2.45) is 11.7 Å². The molecule has 92 valence electrons. The van der Waals surface area contributed by atoms with Crippen molar-refractivity contribution in [2.75, 3.05) is 19.6 Å². The minimum absolute atomic E-state index is 0.0760. The van der Waals surface area contributed by atoms with E-state index in [1.54, 1.807) is 4.90 Å². The van der Waals surface area contributed by atoms with E-state index in [2.05, 4.69) is 0 Å². The molecule has 0 spiro atoms. The summed E-state index contributed by atoms with van der Waals surface area (Å²) in [5, 5.41) is 0.292. The first-order valence-corrected chi connectivity index (χ1v) is 5.94. The molecule has 1 fully saturated rings. The third-order valence-electron chi connectivity index (χ3n) is 3.07. The van der Waals surface area contributed by atoms with Crippen molar-refractivity contribution in [2.45, 2.75) is 6.42 Å². The van der Waals surface area contributed by atoms with E-state index in [0.717, 1.165) is 12.5 Å². The van der Waals surface area contributed by atoms with Crippen LogP contribution in [0.15, 0.2) is 18.2 Å². The Morgan fingerprint density at radius 1 is 1.59 bits per heavy atom. The monoisotopic (exact) mass is 256 g/mol. The number of benzene rings is 1. The molecule has 0 saturated carbocycles. The van der Waals surface area contributed by atoms with Crippen molar-refractivity contribution in [3.63, 3.8) is 0 Å². The molecule has 2 N–H and O–H groups in total. The number of hydrogen-bond acceptors (Lipinski definition) is 2. The molecule has 0 aliphatic carbocycles. The maximum atomic E-state index is 13.6. The molecule has 17 heavy (non-hydrogen) atoms. The van der Waals surface area contributed by atoms with Gasteiger partial charge in [0.25, 0.3) is 5.91 Å². The van der Waals surface area contributed by atoms with Crippen LogP contribution in [0.1, 0.15) is 16.8 Å². The van der Waals surface area contributed by atoms with Crippen molar-refractivity contribution in [1.29, 1.82) is 0 Å². The van der Waals surface area contributed by atoms with E-state index in [1.807, 2.05) is 0 Å². The molecular formula is C12H14ClFN2O. The van der Waals surface area contributed by atoms with Crippen LogP contribution in [-0.2, 0) is 0 Å². The first-order chi connectivity index (χ1) is 8.11. The van der Waals surface area contributed by atoms with Gasteiger partial charge in [0.05, 0.1) is 5.56 Å². The third kappa shape index (κ3) is 2.58. The minimum atomic E-state index is -0.571. The number of nitrogens with zero attached hydrogens (tertiary/aromatic N) is 1. The highest BCUT2D eigenvalue weighted by Crippen LogP contribution is 2.21. The Bertz CT molecular complexity index is 439. The van der Waals surface area contributed by atoms with Crippen molar-refractivity contribution >= 4 is 17.5 Å². The van der Waals surface area contributed by atoms with E-state index >= 15 is 0 Å². The summed E-state index contributed by atoms with van der Waals surface area (Å²) in [7, 11) is 0. The van der Waals surface area contributed by atoms with E-state index in [-0.39, 0.29) is 11.5 Å². The molecule has 5 heteroatoms. The Morgan fingerprint density at radius 3 is 2.94 bits per heavy atom. The number of hydrogen-bond donors (Lipinski definition) is 1. The van der Waals surface area contributed by atoms with Crippen molar-refractivity contribution in [3.05, 3.63) is 34.6 Å². The van der Waals surface area contributed by atoms with Crippen LogP contribution < -0.4 is 5.73 Å². The Balaban J connectivity index is 2.15. The molecule has 0 radical (unpaired) electrons. The van der Waals surface area contributed by atoms with Crippen molar-refractivity contribution < 1.29 is 9.18 Å². The first kappa shape index (κ1) is 12.3. The molecular weight excluding hydrogens is 243 g/mol. The molecule has 0 aromatic heterocycles. The van der Waals surface area contributed by atoms with Crippen LogP contribution in [0.4, 0.5) is 4.39 Å². The standard InChI is InChI=1S/C12H14ClFN2O/c13-9-1-2-10(11(14)5-9)12(17)16-4-3-8(6-15)7-16/h1-2,5,8H,3-4,6-7,15H2/t8-/m1/s1. The van der Waals surface area contributed by atoms with Crippen molar-refractivity contribution in [1.82, 2.24) is 4.90 Å². The van der Waals surface area contributed by atoms with Crippen LogP contribution in [0.3, 0.4) is 0 Å². The van der Waals surface area contributed by atoms with Gasteiger partial charge in [0.15, 0.2) is 0 Å². The number of amides is 1. The Kier molecular flexibility index (Phi) is 3.64. The largest absolute Gasteiger partial charge is 0.338 e. The van der Waals surface area contributed by atoms with E-state index in [0.29, 0.717) is 30.6 Å². The Labute approximate surface area is 104 Å². The van der Waals surface area contributed by atoms with Gasteiger partial charge in [-0.25, -0.2) is 4.39 Å². The van der Waals surface area contributed by atoms with Gasteiger partial charge in [0, 0.05) is 18.1 Å². The lowest BCUT2D eigenvalue weighted by Crippen LogP contribution is -2.30. The van der Waals surface area contributed by atoms with Crippen LogP contribution in [0.25, 0.3) is 0 Å². The fourth-order valence-electron chi connectivity index (χ4n) is 2.04. The SMILES string of the molecule is NC[C@H]1CCN(C(=O)c2ccc(Cl)cc2F)C1. The van der Waals surface area contributed by atoms with Gasteiger partial charge in [0.1, 0.15) is 5.82 Å². The van der Waals surface area contributed by atoms with Gasteiger partial charge >= 0.3 is 0 Å². The van der Waals surface area contributed by atoms with Gasteiger partial charge in [-0.1, -0.05) is 11.6 Å². The molecule has 1 aliphatic rings. The van der Waals surface area contributed by atoms with E-state index < -0.39 is 5.82 Å². The van der Waals surface area contributed by atoms with Gasteiger partial charge in [-0.05, 0) is 37.1 Å². The highest BCUT2D eigenvalue weighted by molar-refractivity contribution is 6.30. The molecule has 1 aromatic rings. The first-order valence-electron chi connectivity index (χ1n) is 5.56. The summed E-state index contributed by atoms with van der Waals surface area (Å²) in [6.45, 7) is 1.81. The minimum Gasteiger partial charge on any atom is -0.338 e. The summed E-state index contributed by atoms with van der Waals surface area (Å²) in [5.41, 5.74) is 5.63. The lowest BCUT2D eigenvalue weighted by atomic mass is 10.1. The molecule has 1 atom stereocenters. The predicted molar refractivity (Wildman–Crippen MR) is 64.5 cm³/mol. The molecule has 1 amide bonds. The maximum absolute atomic E-state index is 13.6. The highest BCUT2D eigenvalue weighted by Gasteiger charge is 2.27. The second-order valence-corrected chi connectivity index (χ2v) is 4.70. The van der Waals surface area contributed by atoms with E-state index in [4.69, 9.17) is 17.3 Å². The van der Waals surface area contributed by atoms with Crippen LogP contribution in [0.2, 0.25) is 5.02 Å². The number of likely N-dealkylation sites (tertiary alicyclic amines) is 1. The van der Waals surface area contributed by atoms with Gasteiger partial charge in [-0.3, -0.25) is 4.79 Å². The molecule has 2 rings (SSSR count). The van der Waals surface area contributed by atoms with Crippen LogP contribution >= 0.6 is 11.6 Å². The number of rotatable bonds is 2. The normalized spacial score (nSPS) is 19.7. The fourth-order valence-corrected chi connectivity index (χ4v) is 2.20. The summed E-state index contributed by atoms with van der Waals surface area (Å²) in [6.07, 6.45) is 0.886. The van der Waals surface area contributed by atoms with E-state index in [1.165, 1.54) is 12.1 Å². The molecule has 1 saturated heterocycles. The van der Waals surface area contributed by atoms with E-state index in [9.17, 15) is 9.18 Å². The smallest absolute Gasteiger partial charge is 0.256 e. The fraction of sp³-hybridized carbons (Fsp3) is 0.417. The lowest BCUT2D eigenvalue weighted by molar-refractivity contribution is 0.0783. The highest BCUT2D eigenvalue weighted by atomic mass is 35.5. The molecule has 1 heterocycles. The zero-order chi connectivity index (χ0) is 12.4. The van der Waals surface area contributed by atoms with Crippen LogP contribution in [0, 0.1) is 11.7 Å². The third-order valence-corrected chi connectivity index (χ3v) is 3.30. The average Bonchev–Trinajstić information content (AvgIpc) is 2.76. The van der Waals surface area contributed by atoms with Crippen LogP contribution in [-0.4, -0.2) is 30.4 Å². The predicted octanol–water partition coefficient (Wildman–Crippen LogP) is 1.90. The summed E-state index contributed by atoms with van der Waals surface area (Å²) in [6, 6.07) is 4.11. The summed E-state index contributed by atoms with van der Waals surface area (Å²) in [5.74, 6) is -0.525. The molecule has 3 nitrogen and oxygen atoms in total. The van der Waals surface area contributed by atoms with Crippen molar-refractivity contribution in [3.8, 4) is 0 Å². The Hall–Kier alpha value is -1.13. The zero-order valence-corrected chi connectivity index (χ0v) is 10.1. The van der Waals surface area contributed by atoms with Gasteiger partial charge < -0.3 is 10.6 Å². The average molecular weight is 257 g/mol. The summed E-state index contributed by atoms with van der Waals surface area (Å²) in [4.78, 5) is 13.7. The molecule has 0 unspecified atom stereocenters. The second-order valence-electron chi connectivity index (χ2n) is 4.27. The quantitative estimate of drug-likeness (QED) is 0.879. The molecule has 0 bridgehead atoms. The van der Waals surface area contributed by atoms with Gasteiger partial charge in [0.2, 0.25) is 0 Å². The summed E-state index contributed by atoms with van der Waals surface area (Å²) < 4.78 is 13.6. The number of carbonyl (C=O) groups excluding carboxylic acids is 1. The molecule has 1 aromatic carbocycles. The Morgan fingerprint density at radius 2 is 2.35 bits per heavy atom. The molecule has 1 aliphatic heterocycles. The number of nitrogens with two attached hydrogens (primary N) is 1. The summed E-state index contributed by atoms with van der Waals surface area (Å²) >= 11 is 5.65. The topological polar surface area (TPSA) is 46.3 Å². The number of carbonyl (C=O) groups is 1. The number of halogens is 2.